The van der Waals surface area contributed by atoms with Crippen molar-refractivity contribution in [3.05, 3.63) is 29.8 Å². The fraction of sp³-hybridized carbons (Fsp3) is 0.500. The fourth-order valence-electron chi connectivity index (χ4n) is 2.03. The number of rotatable bonds is 5. The third-order valence-corrected chi connectivity index (χ3v) is 2.93. The molecule has 1 aromatic carbocycles. The first-order valence-electron chi connectivity index (χ1n) is 6.13. The summed E-state index contributed by atoms with van der Waals surface area (Å²) >= 11 is 0. The summed E-state index contributed by atoms with van der Waals surface area (Å²) in [5, 5.41) is 8.76. The first-order valence-corrected chi connectivity index (χ1v) is 6.13. The van der Waals surface area contributed by atoms with Crippen molar-refractivity contribution in [2.75, 3.05) is 13.2 Å². The van der Waals surface area contributed by atoms with Crippen LogP contribution in [-0.4, -0.2) is 19.3 Å². The number of nitrogens with zero attached hydrogens (tertiary/aromatic N) is 1. The van der Waals surface area contributed by atoms with E-state index in [1.807, 2.05) is 12.1 Å². The summed E-state index contributed by atoms with van der Waals surface area (Å²) in [7, 11) is 0. The van der Waals surface area contributed by atoms with Gasteiger partial charge in [-0.05, 0) is 43.9 Å². The Morgan fingerprint density at radius 1 is 1.47 bits per heavy atom. The molecule has 1 aliphatic heterocycles. The van der Waals surface area contributed by atoms with Crippen molar-refractivity contribution in [2.45, 2.75) is 31.8 Å². The Labute approximate surface area is 102 Å². The average Bonchev–Trinajstić information content (AvgIpc) is 2.88. The van der Waals surface area contributed by atoms with Gasteiger partial charge in [-0.3, -0.25) is 0 Å². The summed E-state index contributed by atoms with van der Waals surface area (Å²) in [4.78, 5) is 0. The van der Waals surface area contributed by atoms with Crippen LogP contribution in [0.15, 0.2) is 24.3 Å². The van der Waals surface area contributed by atoms with Crippen LogP contribution in [0, 0.1) is 11.3 Å². The Balaban J connectivity index is 1.68. The zero-order valence-corrected chi connectivity index (χ0v) is 9.89. The predicted octanol–water partition coefficient (Wildman–Crippen LogP) is 2.90. The zero-order chi connectivity index (χ0) is 11.9. The molecule has 0 amide bonds. The van der Waals surface area contributed by atoms with Gasteiger partial charge in [0.1, 0.15) is 5.75 Å². The molecule has 0 radical (unpaired) electrons. The molecule has 17 heavy (non-hydrogen) atoms. The minimum absolute atomic E-state index is 0.434. The van der Waals surface area contributed by atoms with Crippen LogP contribution in [-0.2, 0) is 4.74 Å². The molecule has 1 heterocycles. The third-order valence-electron chi connectivity index (χ3n) is 2.93. The molecule has 1 saturated heterocycles. The van der Waals surface area contributed by atoms with Crippen molar-refractivity contribution in [3.8, 4) is 11.8 Å². The van der Waals surface area contributed by atoms with Crippen LogP contribution in [0.1, 0.15) is 31.2 Å². The summed E-state index contributed by atoms with van der Waals surface area (Å²) in [6, 6.07) is 9.37. The van der Waals surface area contributed by atoms with Crippen LogP contribution in [0.4, 0.5) is 0 Å². The smallest absolute Gasteiger partial charge is 0.120 e. The van der Waals surface area contributed by atoms with Crippen molar-refractivity contribution in [2.24, 2.45) is 0 Å². The first-order chi connectivity index (χ1) is 8.38. The number of hydrogen-bond donors (Lipinski definition) is 0. The van der Waals surface area contributed by atoms with Gasteiger partial charge in [0.05, 0.1) is 24.3 Å². The van der Waals surface area contributed by atoms with E-state index >= 15 is 0 Å². The highest BCUT2D eigenvalue weighted by Gasteiger charge is 2.14. The number of benzene rings is 1. The van der Waals surface area contributed by atoms with Crippen LogP contribution in [0.2, 0.25) is 0 Å². The molecule has 2 rings (SSSR count). The minimum Gasteiger partial charge on any atom is -0.494 e. The molecule has 1 atom stereocenters. The number of nitriles is 1. The Hall–Kier alpha value is -1.53. The van der Waals surface area contributed by atoms with Gasteiger partial charge in [-0.25, -0.2) is 0 Å². The lowest BCUT2D eigenvalue weighted by Gasteiger charge is -2.10. The molecule has 1 aromatic rings. The van der Waals surface area contributed by atoms with E-state index < -0.39 is 0 Å². The highest BCUT2D eigenvalue weighted by Crippen LogP contribution is 2.17. The van der Waals surface area contributed by atoms with E-state index in [-0.39, 0.29) is 0 Å². The maximum absolute atomic E-state index is 8.76. The second kappa shape index (κ2) is 6.27. The summed E-state index contributed by atoms with van der Waals surface area (Å²) < 4.78 is 11.1. The van der Waals surface area contributed by atoms with Gasteiger partial charge in [-0.1, -0.05) is 6.07 Å². The monoisotopic (exact) mass is 231 g/mol. The largest absolute Gasteiger partial charge is 0.494 e. The minimum atomic E-state index is 0.434. The fourth-order valence-corrected chi connectivity index (χ4v) is 2.03. The average molecular weight is 231 g/mol. The lowest BCUT2D eigenvalue weighted by molar-refractivity contribution is 0.0981. The van der Waals surface area contributed by atoms with Crippen LogP contribution in [0.5, 0.6) is 5.75 Å². The molecular formula is C14H17NO2. The molecule has 0 N–H and O–H groups in total. The molecule has 0 saturated carbocycles. The SMILES string of the molecule is N#Cc1cccc(OCCCC2CCCO2)c1. The molecule has 0 spiro atoms. The van der Waals surface area contributed by atoms with Crippen molar-refractivity contribution in [3.63, 3.8) is 0 Å². The van der Waals surface area contributed by atoms with Gasteiger partial charge in [0, 0.05) is 6.61 Å². The molecule has 0 aliphatic carbocycles. The lowest BCUT2D eigenvalue weighted by Crippen LogP contribution is -2.07. The summed E-state index contributed by atoms with van der Waals surface area (Å²) in [6.45, 7) is 1.60. The summed E-state index contributed by atoms with van der Waals surface area (Å²) in [5.74, 6) is 0.774. The second-order valence-electron chi connectivity index (χ2n) is 4.27. The van der Waals surface area contributed by atoms with Gasteiger partial charge in [-0.15, -0.1) is 0 Å². The molecule has 3 heteroatoms. The van der Waals surface area contributed by atoms with Crippen molar-refractivity contribution < 1.29 is 9.47 Å². The maximum Gasteiger partial charge on any atom is 0.120 e. The second-order valence-corrected chi connectivity index (χ2v) is 4.27. The molecule has 1 fully saturated rings. The van der Waals surface area contributed by atoms with Crippen LogP contribution in [0.3, 0.4) is 0 Å². The topological polar surface area (TPSA) is 42.2 Å². The highest BCUT2D eigenvalue weighted by atomic mass is 16.5. The molecule has 3 nitrogen and oxygen atoms in total. The van der Waals surface area contributed by atoms with Gasteiger partial charge in [0.15, 0.2) is 0 Å². The molecule has 0 aromatic heterocycles. The van der Waals surface area contributed by atoms with Gasteiger partial charge in [0.2, 0.25) is 0 Å². The summed E-state index contributed by atoms with van der Waals surface area (Å²) in [6.07, 6.45) is 4.88. The van der Waals surface area contributed by atoms with Gasteiger partial charge in [-0.2, -0.15) is 5.26 Å². The quantitative estimate of drug-likeness (QED) is 0.732. The Kier molecular flexibility index (Phi) is 4.40. The molecule has 1 aliphatic rings. The van der Waals surface area contributed by atoms with Gasteiger partial charge in [0.25, 0.3) is 0 Å². The van der Waals surface area contributed by atoms with E-state index in [1.54, 1.807) is 12.1 Å². The van der Waals surface area contributed by atoms with Crippen molar-refractivity contribution in [1.82, 2.24) is 0 Å². The Morgan fingerprint density at radius 3 is 3.18 bits per heavy atom. The molecule has 0 bridgehead atoms. The van der Waals surface area contributed by atoms with Gasteiger partial charge >= 0.3 is 0 Å². The van der Waals surface area contributed by atoms with Crippen molar-refractivity contribution >= 4 is 0 Å². The van der Waals surface area contributed by atoms with Crippen LogP contribution in [0.25, 0.3) is 0 Å². The van der Waals surface area contributed by atoms with E-state index in [9.17, 15) is 0 Å². The number of hydrogen-bond acceptors (Lipinski definition) is 3. The third kappa shape index (κ3) is 3.76. The molecule has 90 valence electrons. The van der Waals surface area contributed by atoms with Crippen LogP contribution < -0.4 is 4.74 Å². The maximum atomic E-state index is 8.76. The Morgan fingerprint density at radius 2 is 2.41 bits per heavy atom. The normalized spacial score (nSPS) is 18.9. The van der Waals surface area contributed by atoms with Crippen LogP contribution >= 0.6 is 0 Å². The summed E-state index contributed by atoms with van der Waals surface area (Å²) in [5.41, 5.74) is 0.640. The highest BCUT2D eigenvalue weighted by molar-refractivity contribution is 5.36. The van der Waals surface area contributed by atoms with E-state index in [1.165, 1.54) is 12.8 Å². The Bertz CT molecular complexity index is 391. The van der Waals surface area contributed by atoms with Gasteiger partial charge < -0.3 is 9.47 Å². The lowest BCUT2D eigenvalue weighted by atomic mass is 10.1. The van der Waals surface area contributed by atoms with E-state index in [0.29, 0.717) is 18.3 Å². The van der Waals surface area contributed by atoms with E-state index in [2.05, 4.69) is 6.07 Å². The van der Waals surface area contributed by atoms with E-state index in [4.69, 9.17) is 14.7 Å². The number of ether oxygens (including phenoxy) is 2. The first kappa shape index (κ1) is 11.9. The molecule has 1 unspecified atom stereocenters. The molecular weight excluding hydrogens is 214 g/mol. The van der Waals surface area contributed by atoms with Crippen molar-refractivity contribution in [1.29, 1.82) is 5.26 Å². The zero-order valence-electron chi connectivity index (χ0n) is 9.89. The predicted molar refractivity (Wildman–Crippen MR) is 64.9 cm³/mol. The van der Waals surface area contributed by atoms with E-state index in [0.717, 1.165) is 25.2 Å². The standard InChI is InChI=1S/C14H17NO2/c15-11-12-4-1-5-14(10-12)17-9-3-7-13-6-2-8-16-13/h1,4-5,10,13H,2-3,6-9H2.